The molecule has 0 spiro atoms. The summed E-state index contributed by atoms with van der Waals surface area (Å²) in [5.74, 6) is -1.10. The smallest absolute Gasteiger partial charge is 0.335 e. The number of aromatic carboxylic acids is 1. The fourth-order valence-electron chi connectivity index (χ4n) is 2.22. The van der Waals surface area contributed by atoms with Crippen LogP contribution in [0.25, 0.3) is 0 Å². The van der Waals surface area contributed by atoms with Crippen molar-refractivity contribution >= 4 is 15.8 Å². The molecule has 5 heteroatoms. The van der Waals surface area contributed by atoms with Gasteiger partial charge >= 0.3 is 5.97 Å². The molecule has 1 aliphatic rings. The highest BCUT2D eigenvalue weighted by atomic mass is 32.2. The van der Waals surface area contributed by atoms with Crippen LogP contribution in [0.1, 0.15) is 35.2 Å². The molecule has 0 aromatic heterocycles. The van der Waals surface area contributed by atoms with Gasteiger partial charge in [-0.1, -0.05) is 18.2 Å². The molecule has 0 saturated heterocycles. The Bertz CT molecular complexity index is 629. The summed E-state index contributed by atoms with van der Waals surface area (Å²) in [4.78, 5) is 11.2. The molecule has 1 aromatic carbocycles. The van der Waals surface area contributed by atoms with Crippen LogP contribution in [0.3, 0.4) is 0 Å². The van der Waals surface area contributed by atoms with Crippen molar-refractivity contribution in [2.45, 2.75) is 36.3 Å². The number of carboxylic acid groups (broad SMARTS) is 1. The molecule has 4 nitrogen and oxygen atoms in total. The van der Waals surface area contributed by atoms with E-state index in [-0.39, 0.29) is 10.5 Å². The molecular weight excluding hydrogens is 264 g/mol. The second-order valence-electron chi connectivity index (χ2n) is 4.72. The maximum absolute atomic E-state index is 12.4. The van der Waals surface area contributed by atoms with Crippen LogP contribution in [0.15, 0.2) is 35.2 Å². The minimum Gasteiger partial charge on any atom is -0.478 e. The Hall–Kier alpha value is -1.62. The van der Waals surface area contributed by atoms with E-state index in [1.165, 1.54) is 12.1 Å². The molecule has 1 unspecified atom stereocenters. The third-order valence-corrected chi connectivity index (χ3v) is 5.48. The third-order valence-electron chi connectivity index (χ3n) is 3.38. The van der Waals surface area contributed by atoms with Crippen LogP contribution < -0.4 is 0 Å². The number of hydrogen-bond donors (Lipinski definition) is 1. The molecule has 0 saturated carbocycles. The Morgan fingerprint density at radius 3 is 2.68 bits per heavy atom. The van der Waals surface area contributed by atoms with Gasteiger partial charge in [0.1, 0.15) is 0 Å². The maximum Gasteiger partial charge on any atom is 0.335 e. The van der Waals surface area contributed by atoms with Crippen LogP contribution in [0, 0.1) is 6.92 Å². The van der Waals surface area contributed by atoms with Crippen LogP contribution in [0.4, 0.5) is 0 Å². The first-order chi connectivity index (χ1) is 8.93. The third kappa shape index (κ3) is 2.71. The monoisotopic (exact) mass is 280 g/mol. The topological polar surface area (TPSA) is 71.4 Å². The van der Waals surface area contributed by atoms with Crippen molar-refractivity contribution in [3.05, 3.63) is 41.5 Å². The molecule has 0 amide bonds. The lowest BCUT2D eigenvalue weighted by Crippen LogP contribution is -2.21. The molecular formula is C14H16O4S. The van der Waals surface area contributed by atoms with E-state index in [0.717, 1.165) is 12.8 Å². The number of rotatable bonds is 3. The van der Waals surface area contributed by atoms with Crippen LogP contribution in [-0.2, 0) is 9.84 Å². The minimum atomic E-state index is -3.48. The van der Waals surface area contributed by atoms with Gasteiger partial charge in [-0.05, 0) is 43.9 Å². The molecule has 1 atom stereocenters. The van der Waals surface area contributed by atoms with Gasteiger partial charge in [0.25, 0.3) is 0 Å². The molecule has 0 radical (unpaired) electrons. The van der Waals surface area contributed by atoms with Gasteiger partial charge in [-0.25, -0.2) is 13.2 Å². The highest BCUT2D eigenvalue weighted by Crippen LogP contribution is 2.25. The van der Waals surface area contributed by atoms with E-state index in [1.807, 2.05) is 6.08 Å². The normalized spacial score (nSPS) is 19.3. The van der Waals surface area contributed by atoms with E-state index in [9.17, 15) is 13.2 Å². The van der Waals surface area contributed by atoms with Crippen molar-refractivity contribution in [1.29, 1.82) is 0 Å². The summed E-state index contributed by atoms with van der Waals surface area (Å²) in [6, 6.07) is 4.29. The molecule has 1 N–H and O–H groups in total. The van der Waals surface area contributed by atoms with Crippen molar-refractivity contribution in [3.8, 4) is 0 Å². The van der Waals surface area contributed by atoms with Crippen LogP contribution in [0.2, 0.25) is 0 Å². The lowest BCUT2D eigenvalue weighted by Gasteiger charge is -2.17. The fraction of sp³-hybridized carbons (Fsp3) is 0.357. The summed E-state index contributed by atoms with van der Waals surface area (Å²) in [5.41, 5.74) is 0.603. The largest absolute Gasteiger partial charge is 0.478 e. The van der Waals surface area contributed by atoms with Crippen LogP contribution in [0.5, 0.6) is 0 Å². The van der Waals surface area contributed by atoms with Crippen molar-refractivity contribution < 1.29 is 18.3 Å². The van der Waals surface area contributed by atoms with Gasteiger partial charge in [0.05, 0.1) is 15.7 Å². The average molecular weight is 280 g/mol. The Morgan fingerprint density at radius 2 is 2.11 bits per heavy atom. The number of hydrogen-bond acceptors (Lipinski definition) is 3. The second-order valence-corrected chi connectivity index (χ2v) is 6.89. The number of benzene rings is 1. The lowest BCUT2D eigenvalue weighted by molar-refractivity contribution is 0.0696. The Morgan fingerprint density at radius 1 is 1.37 bits per heavy atom. The van der Waals surface area contributed by atoms with E-state index in [4.69, 9.17) is 5.11 Å². The number of sulfone groups is 1. The molecule has 19 heavy (non-hydrogen) atoms. The molecule has 0 bridgehead atoms. The van der Waals surface area contributed by atoms with Gasteiger partial charge in [-0.15, -0.1) is 0 Å². The van der Waals surface area contributed by atoms with Crippen molar-refractivity contribution in [1.82, 2.24) is 0 Å². The molecule has 1 aromatic rings. The van der Waals surface area contributed by atoms with Crippen LogP contribution >= 0.6 is 0 Å². The predicted octanol–water partition coefficient (Wildman–Crippen LogP) is 2.58. The zero-order valence-corrected chi connectivity index (χ0v) is 11.5. The predicted molar refractivity (Wildman–Crippen MR) is 72.1 cm³/mol. The first kappa shape index (κ1) is 13.8. The first-order valence-electron chi connectivity index (χ1n) is 6.17. The highest BCUT2D eigenvalue weighted by molar-refractivity contribution is 7.92. The summed E-state index contributed by atoms with van der Waals surface area (Å²) < 4.78 is 24.9. The Kier molecular flexibility index (Phi) is 3.75. The summed E-state index contributed by atoms with van der Waals surface area (Å²) in [5, 5.41) is 8.52. The number of allylic oxidation sites excluding steroid dienone is 1. The summed E-state index contributed by atoms with van der Waals surface area (Å²) >= 11 is 0. The second kappa shape index (κ2) is 5.17. The lowest BCUT2D eigenvalue weighted by atomic mass is 10.1. The van der Waals surface area contributed by atoms with Gasteiger partial charge in [0.15, 0.2) is 9.84 Å². The van der Waals surface area contributed by atoms with Gasteiger partial charge in [0, 0.05) is 0 Å². The maximum atomic E-state index is 12.4. The van der Waals surface area contributed by atoms with Crippen LogP contribution in [-0.4, -0.2) is 24.7 Å². The van der Waals surface area contributed by atoms with Gasteiger partial charge in [-0.3, -0.25) is 0 Å². The molecule has 1 aliphatic carbocycles. The molecule has 102 valence electrons. The van der Waals surface area contributed by atoms with Gasteiger partial charge in [0.2, 0.25) is 0 Å². The molecule has 0 heterocycles. The van der Waals surface area contributed by atoms with Gasteiger partial charge < -0.3 is 5.11 Å². The van der Waals surface area contributed by atoms with E-state index < -0.39 is 21.1 Å². The van der Waals surface area contributed by atoms with Crippen molar-refractivity contribution in [3.63, 3.8) is 0 Å². The SMILES string of the molecule is Cc1ccc(S(=O)(=O)C2C=CCCC2)cc1C(=O)O. The average Bonchev–Trinajstić information content (AvgIpc) is 2.39. The fourth-order valence-corrected chi connectivity index (χ4v) is 3.91. The number of carboxylic acids is 1. The minimum absolute atomic E-state index is 0.0425. The summed E-state index contributed by atoms with van der Waals surface area (Å²) in [6.45, 7) is 1.65. The number of aryl methyl sites for hydroxylation is 1. The van der Waals surface area contributed by atoms with Crippen molar-refractivity contribution in [2.24, 2.45) is 0 Å². The Balaban J connectivity index is 2.46. The number of carbonyl (C=O) groups is 1. The van der Waals surface area contributed by atoms with E-state index in [2.05, 4.69) is 0 Å². The molecule has 0 fully saturated rings. The zero-order chi connectivity index (χ0) is 14.0. The molecule has 2 rings (SSSR count). The van der Waals surface area contributed by atoms with E-state index in [0.29, 0.717) is 12.0 Å². The Labute approximate surface area is 112 Å². The quantitative estimate of drug-likeness (QED) is 0.864. The summed E-state index contributed by atoms with van der Waals surface area (Å²) in [7, 11) is -3.48. The zero-order valence-electron chi connectivity index (χ0n) is 10.7. The van der Waals surface area contributed by atoms with E-state index >= 15 is 0 Å². The standard InChI is InChI=1S/C14H16O4S/c1-10-7-8-12(9-13(10)14(15)16)19(17,18)11-5-3-2-4-6-11/h3,5,7-9,11H,2,4,6H2,1H3,(H,15,16). The highest BCUT2D eigenvalue weighted by Gasteiger charge is 2.27. The molecule has 0 aliphatic heterocycles. The van der Waals surface area contributed by atoms with Crippen molar-refractivity contribution in [2.75, 3.05) is 0 Å². The first-order valence-corrected chi connectivity index (χ1v) is 7.72. The van der Waals surface area contributed by atoms with Gasteiger partial charge in [-0.2, -0.15) is 0 Å². The summed E-state index contributed by atoms with van der Waals surface area (Å²) in [6.07, 6.45) is 5.92. The van der Waals surface area contributed by atoms with E-state index in [1.54, 1.807) is 19.1 Å².